The molecule has 1 aromatic heterocycles. The van der Waals surface area contributed by atoms with Gasteiger partial charge in [-0.3, -0.25) is 9.59 Å². The van der Waals surface area contributed by atoms with Gasteiger partial charge >= 0.3 is 0 Å². The van der Waals surface area contributed by atoms with Gasteiger partial charge in [-0.25, -0.2) is 0 Å². The van der Waals surface area contributed by atoms with Crippen molar-refractivity contribution < 1.29 is 9.59 Å². The molecule has 1 saturated heterocycles. The van der Waals surface area contributed by atoms with E-state index in [0.29, 0.717) is 19.4 Å². The molecule has 0 bridgehead atoms. The summed E-state index contributed by atoms with van der Waals surface area (Å²) in [6, 6.07) is 2.32. The van der Waals surface area contributed by atoms with Crippen LogP contribution in [0.4, 0.5) is 0 Å². The lowest BCUT2D eigenvalue weighted by Crippen LogP contribution is -2.45. The van der Waals surface area contributed by atoms with E-state index in [0.717, 1.165) is 38.9 Å². The third kappa shape index (κ3) is 3.87. The molecule has 2 aliphatic rings. The first-order valence-electron chi connectivity index (χ1n) is 8.05. The number of piperidine rings is 1. The molecule has 3 rings (SSSR count). The summed E-state index contributed by atoms with van der Waals surface area (Å²) in [5, 5.41) is 8.38. The molecule has 3 heterocycles. The second kappa shape index (κ2) is 7.24. The Morgan fingerprint density at radius 3 is 3.14 bits per heavy atom. The normalized spacial score (nSPS) is 21.3. The Kier molecular flexibility index (Phi) is 5.10. The molecule has 1 atom stereocenters. The molecule has 0 aliphatic carbocycles. The van der Waals surface area contributed by atoms with Crippen LogP contribution in [0.2, 0.25) is 0 Å². The Labute approximate surface area is 135 Å². The zero-order valence-electron chi connectivity index (χ0n) is 12.8. The largest absolute Gasteiger partial charge is 0.352 e. The highest BCUT2D eigenvalue weighted by Gasteiger charge is 2.22. The van der Waals surface area contributed by atoms with Gasteiger partial charge in [-0.05, 0) is 42.8 Å². The van der Waals surface area contributed by atoms with Gasteiger partial charge in [0.2, 0.25) is 11.8 Å². The minimum Gasteiger partial charge on any atom is -0.352 e. The second-order valence-corrected chi connectivity index (χ2v) is 7.05. The fourth-order valence-corrected chi connectivity index (χ4v) is 4.00. The van der Waals surface area contributed by atoms with Crippen LogP contribution in [0.15, 0.2) is 11.4 Å². The average Bonchev–Trinajstić information content (AvgIpc) is 3.01. The summed E-state index contributed by atoms with van der Waals surface area (Å²) < 4.78 is 0. The predicted octanol–water partition coefficient (Wildman–Crippen LogP) is 1.28. The van der Waals surface area contributed by atoms with Gasteiger partial charge in [-0.15, -0.1) is 11.3 Å². The number of thiophene rings is 1. The van der Waals surface area contributed by atoms with Crippen molar-refractivity contribution in [2.45, 2.75) is 44.7 Å². The van der Waals surface area contributed by atoms with Crippen molar-refractivity contribution in [1.29, 1.82) is 0 Å². The van der Waals surface area contributed by atoms with Gasteiger partial charge in [0, 0.05) is 43.4 Å². The smallest absolute Gasteiger partial charge is 0.223 e. The van der Waals surface area contributed by atoms with Crippen molar-refractivity contribution in [3.05, 3.63) is 21.9 Å². The molecule has 2 amide bonds. The van der Waals surface area contributed by atoms with E-state index in [1.54, 1.807) is 11.3 Å². The Balaban J connectivity index is 1.41. The predicted molar refractivity (Wildman–Crippen MR) is 86.7 cm³/mol. The summed E-state index contributed by atoms with van der Waals surface area (Å²) in [4.78, 5) is 27.5. The quantitative estimate of drug-likeness (QED) is 0.878. The lowest BCUT2D eigenvalue weighted by Gasteiger charge is -2.27. The summed E-state index contributed by atoms with van der Waals surface area (Å²) in [7, 11) is 0. The van der Waals surface area contributed by atoms with Gasteiger partial charge in [-0.1, -0.05) is 0 Å². The topological polar surface area (TPSA) is 61.4 Å². The van der Waals surface area contributed by atoms with Crippen molar-refractivity contribution in [2.24, 2.45) is 0 Å². The van der Waals surface area contributed by atoms with E-state index in [2.05, 4.69) is 22.1 Å². The van der Waals surface area contributed by atoms with Crippen LogP contribution in [-0.4, -0.2) is 42.4 Å². The molecular formula is C16H23N3O2S. The van der Waals surface area contributed by atoms with E-state index in [-0.39, 0.29) is 17.9 Å². The van der Waals surface area contributed by atoms with E-state index >= 15 is 0 Å². The Morgan fingerprint density at radius 2 is 2.32 bits per heavy atom. The lowest BCUT2D eigenvalue weighted by molar-refractivity contribution is -0.134. The lowest BCUT2D eigenvalue weighted by atomic mass is 10.1. The van der Waals surface area contributed by atoms with Crippen molar-refractivity contribution >= 4 is 23.2 Å². The van der Waals surface area contributed by atoms with Crippen LogP contribution >= 0.6 is 11.3 Å². The first-order valence-corrected chi connectivity index (χ1v) is 8.93. The fraction of sp³-hybridized carbons (Fsp3) is 0.625. The summed E-state index contributed by atoms with van der Waals surface area (Å²) >= 11 is 1.77. The summed E-state index contributed by atoms with van der Waals surface area (Å²) in [6.07, 6.45) is 3.67. The standard InChI is InChI=1S/C16H23N3O2S/c20-15(18-13-2-1-7-17-10-13)3-4-16(21)19-8-5-14-12(11-19)6-9-22-14/h6,9,13,17H,1-5,7-8,10-11H2,(H,18,20). The maximum Gasteiger partial charge on any atom is 0.223 e. The molecule has 5 nitrogen and oxygen atoms in total. The molecule has 6 heteroatoms. The Bertz CT molecular complexity index is 537. The van der Waals surface area contributed by atoms with Gasteiger partial charge in [0.1, 0.15) is 0 Å². The first kappa shape index (κ1) is 15.5. The number of amides is 2. The molecule has 0 aromatic carbocycles. The monoisotopic (exact) mass is 321 g/mol. The van der Waals surface area contributed by atoms with Gasteiger partial charge < -0.3 is 15.5 Å². The van der Waals surface area contributed by atoms with Crippen LogP contribution < -0.4 is 10.6 Å². The Hall–Kier alpha value is -1.40. The van der Waals surface area contributed by atoms with Crippen LogP contribution in [-0.2, 0) is 22.6 Å². The minimum atomic E-state index is -0.00437. The SMILES string of the molecule is O=C(CCC(=O)N1CCc2sccc2C1)NC1CCCNC1. The van der Waals surface area contributed by atoms with Crippen LogP contribution in [0.5, 0.6) is 0 Å². The summed E-state index contributed by atoms with van der Waals surface area (Å²) in [5.41, 5.74) is 1.27. The number of carbonyl (C=O) groups is 2. The number of fused-ring (bicyclic) bond motifs is 1. The maximum atomic E-state index is 12.3. The first-order chi connectivity index (χ1) is 10.7. The van der Waals surface area contributed by atoms with Gasteiger partial charge in [0.25, 0.3) is 0 Å². The average molecular weight is 321 g/mol. The van der Waals surface area contributed by atoms with E-state index < -0.39 is 0 Å². The van der Waals surface area contributed by atoms with Crippen molar-refractivity contribution in [3.63, 3.8) is 0 Å². The molecule has 0 saturated carbocycles. The molecule has 0 spiro atoms. The molecule has 2 aliphatic heterocycles. The molecule has 120 valence electrons. The second-order valence-electron chi connectivity index (χ2n) is 6.05. The third-order valence-electron chi connectivity index (χ3n) is 4.39. The molecule has 1 unspecified atom stereocenters. The molecule has 1 aromatic rings. The highest BCUT2D eigenvalue weighted by atomic mass is 32.1. The minimum absolute atomic E-state index is 0.00437. The van der Waals surface area contributed by atoms with E-state index in [9.17, 15) is 9.59 Å². The molecule has 22 heavy (non-hydrogen) atoms. The van der Waals surface area contributed by atoms with Crippen LogP contribution in [0.25, 0.3) is 0 Å². The number of nitrogens with one attached hydrogen (secondary N) is 2. The van der Waals surface area contributed by atoms with Crippen LogP contribution in [0.3, 0.4) is 0 Å². The number of carbonyl (C=O) groups excluding carboxylic acids is 2. The van der Waals surface area contributed by atoms with Crippen molar-refractivity contribution in [1.82, 2.24) is 15.5 Å². The third-order valence-corrected chi connectivity index (χ3v) is 5.41. The van der Waals surface area contributed by atoms with E-state index in [1.807, 2.05) is 4.90 Å². The number of rotatable bonds is 4. The molecule has 1 fully saturated rings. The van der Waals surface area contributed by atoms with Gasteiger partial charge in [0.05, 0.1) is 0 Å². The Morgan fingerprint density at radius 1 is 1.41 bits per heavy atom. The molecule has 2 N–H and O–H groups in total. The summed E-state index contributed by atoms with van der Waals surface area (Å²) in [5.74, 6) is 0.0871. The summed E-state index contributed by atoms with van der Waals surface area (Å²) in [6.45, 7) is 3.35. The van der Waals surface area contributed by atoms with Crippen LogP contribution in [0.1, 0.15) is 36.1 Å². The van der Waals surface area contributed by atoms with Crippen molar-refractivity contribution in [3.8, 4) is 0 Å². The highest BCUT2D eigenvalue weighted by molar-refractivity contribution is 7.10. The maximum absolute atomic E-state index is 12.3. The fourth-order valence-electron chi connectivity index (χ4n) is 3.11. The zero-order valence-corrected chi connectivity index (χ0v) is 13.6. The number of hydrogen-bond donors (Lipinski definition) is 2. The zero-order chi connectivity index (χ0) is 15.4. The van der Waals surface area contributed by atoms with Crippen molar-refractivity contribution in [2.75, 3.05) is 19.6 Å². The number of hydrogen-bond acceptors (Lipinski definition) is 4. The number of nitrogens with zero attached hydrogens (tertiary/aromatic N) is 1. The highest BCUT2D eigenvalue weighted by Crippen LogP contribution is 2.24. The van der Waals surface area contributed by atoms with E-state index in [4.69, 9.17) is 0 Å². The van der Waals surface area contributed by atoms with Gasteiger partial charge in [0.15, 0.2) is 0 Å². The molecule has 0 radical (unpaired) electrons. The molecular weight excluding hydrogens is 298 g/mol. The van der Waals surface area contributed by atoms with Gasteiger partial charge in [-0.2, -0.15) is 0 Å². The van der Waals surface area contributed by atoms with Crippen LogP contribution in [0, 0.1) is 0 Å². The van der Waals surface area contributed by atoms with E-state index in [1.165, 1.54) is 10.4 Å².